The Kier molecular flexibility index (Phi) is 7.67. The van der Waals surface area contributed by atoms with Gasteiger partial charge in [0.05, 0.1) is 12.8 Å². The van der Waals surface area contributed by atoms with E-state index in [4.69, 9.17) is 14.5 Å². The summed E-state index contributed by atoms with van der Waals surface area (Å²) in [7, 11) is 1.70. The van der Waals surface area contributed by atoms with Gasteiger partial charge in [-0.3, -0.25) is 10.2 Å². The summed E-state index contributed by atoms with van der Waals surface area (Å²) in [4.78, 5) is 22.1. The molecule has 1 aromatic heterocycles. The Morgan fingerprint density at radius 2 is 1.85 bits per heavy atom. The molecule has 7 nitrogen and oxygen atoms in total. The molecule has 2 aromatic rings. The summed E-state index contributed by atoms with van der Waals surface area (Å²) >= 11 is 1.47. The van der Waals surface area contributed by atoms with E-state index in [0.717, 1.165) is 69.2 Å². The average molecular weight is 485 g/mol. The quantitative estimate of drug-likeness (QED) is 0.632. The molecule has 184 valence electrons. The number of benzene rings is 1. The van der Waals surface area contributed by atoms with Gasteiger partial charge in [0.25, 0.3) is 0 Å². The Morgan fingerprint density at radius 3 is 2.59 bits per heavy atom. The molecule has 3 aliphatic rings. The van der Waals surface area contributed by atoms with Gasteiger partial charge in [0.15, 0.2) is 5.13 Å². The van der Waals surface area contributed by atoms with Crippen molar-refractivity contribution in [2.75, 3.05) is 51.8 Å². The van der Waals surface area contributed by atoms with Crippen LogP contribution in [-0.2, 0) is 4.74 Å². The molecule has 1 saturated carbocycles. The van der Waals surface area contributed by atoms with E-state index < -0.39 is 0 Å². The number of urea groups is 1. The molecule has 1 N–H and O–H groups in total. The van der Waals surface area contributed by atoms with Crippen molar-refractivity contribution >= 4 is 22.5 Å². The maximum absolute atomic E-state index is 12.9. The summed E-state index contributed by atoms with van der Waals surface area (Å²) in [5, 5.41) is 5.68. The Morgan fingerprint density at radius 1 is 1.09 bits per heavy atom. The minimum Gasteiger partial charge on any atom is -0.496 e. The van der Waals surface area contributed by atoms with Crippen LogP contribution in [0.4, 0.5) is 9.93 Å². The van der Waals surface area contributed by atoms with Crippen LogP contribution in [-0.4, -0.2) is 73.4 Å². The minimum absolute atomic E-state index is 0.0598. The van der Waals surface area contributed by atoms with E-state index in [2.05, 4.69) is 28.4 Å². The zero-order valence-electron chi connectivity index (χ0n) is 20.1. The molecule has 5 rings (SSSR count). The Labute approximate surface area is 206 Å². The van der Waals surface area contributed by atoms with Crippen LogP contribution in [0.3, 0.4) is 0 Å². The monoisotopic (exact) mass is 484 g/mol. The number of hydrogen-bond donors (Lipinski definition) is 1. The highest BCUT2D eigenvalue weighted by Gasteiger charge is 2.27. The normalized spacial score (nSPS) is 20.9. The van der Waals surface area contributed by atoms with Crippen LogP contribution >= 0.6 is 11.3 Å². The fraction of sp³-hybridized carbons (Fsp3) is 0.615. The lowest BCUT2D eigenvalue weighted by Gasteiger charge is -2.40. The molecule has 8 heteroatoms. The third-order valence-electron chi connectivity index (χ3n) is 7.60. The third kappa shape index (κ3) is 5.39. The van der Waals surface area contributed by atoms with Gasteiger partial charge >= 0.3 is 6.03 Å². The molecule has 0 radical (unpaired) electrons. The lowest BCUT2D eigenvalue weighted by Crippen LogP contribution is -2.53. The summed E-state index contributed by atoms with van der Waals surface area (Å²) < 4.78 is 11.1. The molecule has 3 fully saturated rings. The first kappa shape index (κ1) is 23.6. The molecular formula is C26H36N4O3S. The van der Waals surface area contributed by atoms with Crippen molar-refractivity contribution in [3.63, 3.8) is 0 Å². The molecule has 34 heavy (non-hydrogen) atoms. The number of carbonyl (C=O) groups excluding carboxylic acids is 1. The molecule has 0 bridgehead atoms. The molecule has 0 unspecified atom stereocenters. The fourth-order valence-corrected chi connectivity index (χ4v) is 6.28. The Hall–Kier alpha value is -2.16. The molecule has 2 saturated heterocycles. The average Bonchev–Trinajstić information content (AvgIpc) is 3.37. The van der Waals surface area contributed by atoms with E-state index in [-0.39, 0.29) is 6.03 Å². The van der Waals surface area contributed by atoms with Crippen LogP contribution in [0.15, 0.2) is 23.6 Å². The second kappa shape index (κ2) is 11.1. The molecule has 1 aromatic carbocycles. The number of anilines is 1. The lowest BCUT2D eigenvalue weighted by molar-refractivity contribution is 0.0194. The van der Waals surface area contributed by atoms with Crippen LogP contribution in [0.1, 0.15) is 56.4 Å². The van der Waals surface area contributed by atoms with Crippen LogP contribution in [0.25, 0.3) is 11.3 Å². The van der Waals surface area contributed by atoms with Crippen molar-refractivity contribution < 1.29 is 14.3 Å². The highest BCUT2D eigenvalue weighted by molar-refractivity contribution is 7.14. The molecule has 1 aliphatic carbocycles. The zero-order chi connectivity index (χ0) is 23.3. The predicted octanol–water partition coefficient (Wildman–Crippen LogP) is 5.19. The van der Waals surface area contributed by atoms with Crippen molar-refractivity contribution in [1.29, 1.82) is 0 Å². The number of ether oxygens (including phenoxy) is 2. The van der Waals surface area contributed by atoms with Crippen LogP contribution in [0, 0.1) is 0 Å². The van der Waals surface area contributed by atoms with Crippen molar-refractivity contribution in [2.45, 2.75) is 56.9 Å². The second-order valence-corrected chi connectivity index (χ2v) is 10.5. The van der Waals surface area contributed by atoms with Crippen molar-refractivity contribution in [2.24, 2.45) is 0 Å². The Bertz CT molecular complexity index is 961. The van der Waals surface area contributed by atoms with E-state index in [9.17, 15) is 4.79 Å². The smallest absolute Gasteiger partial charge is 0.323 e. The van der Waals surface area contributed by atoms with Crippen molar-refractivity contribution in [3.8, 4) is 17.0 Å². The minimum atomic E-state index is -0.0598. The van der Waals surface area contributed by atoms with Crippen LogP contribution in [0.5, 0.6) is 5.75 Å². The van der Waals surface area contributed by atoms with Crippen molar-refractivity contribution in [3.05, 3.63) is 29.1 Å². The number of hydrogen-bond acceptors (Lipinski definition) is 6. The van der Waals surface area contributed by atoms with Gasteiger partial charge in [0, 0.05) is 56.4 Å². The van der Waals surface area contributed by atoms with Crippen molar-refractivity contribution in [1.82, 2.24) is 14.8 Å². The molecule has 3 heterocycles. The first-order valence-electron chi connectivity index (χ1n) is 12.7. The highest BCUT2D eigenvalue weighted by Crippen LogP contribution is 2.38. The summed E-state index contributed by atoms with van der Waals surface area (Å²) in [6.07, 6.45) is 8.67. The molecule has 2 aliphatic heterocycles. The summed E-state index contributed by atoms with van der Waals surface area (Å²) in [6.45, 7) is 5.05. The molecule has 0 spiro atoms. The second-order valence-electron chi connectivity index (χ2n) is 9.63. The van der Waals surface area contributed by atoms with E-state index in [1.807, 2.05) is 10.3 Å². The summed E-state index contributed by atoms with van der Waals surface area (Å²) in [6, 6.07) is 7.04. The summed E-state index contributed by atoms with van der Waals surface area (Å²) in [5.41, 5.74) is 3.24. The first-order chi connectivity index (χ1) is 16.7. The maximum Gasteiger partial charge on any atom is 0.323 e. The number of rotatable bonds is 5. The third-order valence-corrected chi connectivity index (χ3v) is 8.36. The van der Waals surface area contributed by atoms with Gasteiger partial charge in [-0.25, -0.2) is 9.78 Å². The van der Waals surface area contributed by atoms with E-state index in [1.54, 1.807) is 7.11 Å². The number of nitrogens with one attached hydrogen (secondary N) is 1. The molecule has 0 atom stereocenters. The zero-order valence-corrected chi connectivity index (χ0v) is 20.9. The first-order valence-corrected chi connectivity index (χ1v) is 13.6. The number of thiazole rings is 1. The number of methoxy groups -OCH3 is 1. The van der Waals surface area contributed by atoms with Gasteiger partial charge < -0.3 is 14.4 Å². The lowest BCUT2D eigenvalue weighted by atomic mass is 9.83. The van der Waals surface area contributed by atoms with Crippen LogP contribution in [0.2, 0.25) is 0 Å². The van der Waals surface area contributed by atoms with Gasteiger partial charge in [0.2, 0.25) is 0 Å². The fourth-order valence-electron chi connectivity index (χ4n) is 5.58. The molecule has 2 amide bonds. The largest absolute Gasteiger partial charge is 0.496 e. The summed E-state index contributed by atoms with van der Waals surface area (Å²) in [5.74, 6) is 1.45. The standard InChI is InChI=1S/C26H36N4O3S/c1-32-24-8-7-20(19-5-3-2-4-6-19)17-22(24)23-18-34-25(27-23)28-26(31)30-13-11-29(12-14-30)21-9-15-33-16-10-21/h7-8,17-19,21H,2-6,9-16H2,1H3,(H,27,28,31). The molecular weight excluding hydrogens is 448 g/mol. The number of aromatic nitrogens is 1. The maximum atomic E-state index is 12.9. The number of carbonyl (C=O) groups is 1. The number of amides is 2. The van der Waals surface area contributed by atoms with Gasteiger partial charge in [-0.2, -0.15) is 0 Å². The predicted molar refractivity (Wildman–Crippen MR) is 136 cm³/mol. The topological polar surface area (TPSA) is 66.9 Å². The van der Waals surface area contributed by atoms with E-state index >= 15 is 0 Å². The van der Waals surface area contributed by atoms with E-state index in [1.165, 1.54) is 49.0 Å². The van der Waals surface area contributed by atoms with Gasteiger partial charge in [-0.15, -0.1) is 11.3 Å². The van der Waals surface area contributed by atoms with Gasteiger partial charge in [-0.05, 0) is 49.3 Å². The van der Waals surface area contributed by atoms with E-state index in [0.29, 0.717) is 17.1 Å². The number of piperazine rings is 1. The van der Waals surface area contributed by atoms with Crippen LogP contribution < -0.4 is 10.1 Å². The highest BCUT2D eigenvalue weighted by atomic mass is 32.1. The number of nitrogens with zero attached hydrogens (tertiary/aromatic N) is 3. The van der Waals surface area contributed by atoms with Gasteiger partial charge in [-0.1, -0.05) is 25.3 Å². The van der Waals surface area contributed by atoms with Gasteiger partial charge in [0.1, 0.15) is 5.75 Å². The Balaban J connectivity index is 1.21. The SMILES string of the molecule is COc1ccc(C2CCCCC2)cc1-c1csc(NC(=O)N2CCN(C3CCOCC3)CC2)n1.